The number of anilines is 2. The number of carbonyl (C=O) groups excluding carboxylic acids is 6. The van der Waals surface area contributed by atoms with Crippen molar-refractivity contribution in [2.45, 2.75) is 40.5 Å². The van der Waals surface area contributed by atoms with Crippen molar-refractivity contribution in [1.82, 2.24) is 5.32 Å². The van der Waals surface area contributed by atoms with Gasteiger partial charge in [0.15, 0.2) is 0 Å². The Morgan fingerprint density at radius 1 is 0.564 bits per heavy atom. The summed E-state index contributed by atoms with van der Waals surface area (Å²) in [6, 6.07) is 6.83. The van der Waals surface area contributed by atoms with Gasteiger partial charge in [-0.15, -0.1) is 0 Å². The molecule has 0 aliphatic carbocycles. The van der Waals surface area contributed by atoms with Crippen LogP contribution in [0.2, 0.25) is 0 Å². The van der Waals surface area contributed by atoms with Gasteiger partial charge in [-0.05, 0) is 84.3 Å². The highest BCUT2D eigenvalue weighted by atomic mass is 16.2. The van der Waals surface area contributed by atoms with Crippen LogP contribution in [0, 0.1) is 13.8 Å². The molecule has 0 atom stereocenters. The Kier molecular flexibility index (Phi) is 6.22. The second-order valence-corrected chi connectivity index (χ2v) is 9.53. The molecular formula is C30H25N3O6. The van der Waals surface area contributed by atoms with Crippen molar-refractivity contribution in [3.05, 3.63) is 82.0 Å². The highest BCUT2D eigenvalue weighted by Crippen LogP contribution is 2.39. The number of imide groups is 3. The molecule has 3 aliphatic heterocycles. The number of hydrogen-bond acceptors (Lipinski definition) is 6. The van der Waals surface area contributed by atoms with Crippen molar-refractivity contribution in [2.24, 2.45) is 0 Å². The molecule has 3 heterocycles. The lowest BCUT2D eigenvalue weighted by molar-refractivity contribution is -0.123. The number of carbonyl (C=O) groups is 6. The van der Waals surface area contributed by atoms with E-state index in [0.29, 0.717) is 57.6 Å². The average Bonchev–Trinajstić information content (AvgIpc) is 3.51. The summed E-state index contributed by atoms with van der Waals surface area (Å²) in [6.45, 7) is 7.25. The van der Waals surface area contributed by atoms with E-state index in [9.17, 15) is 28.8 Å². The lowest BCUT2D eigenvalue weighted by Crippen LogP contribution is -2.31. The second kappa shape index (κ2) is 9.43. The number of nitrogens with one attached hydrogen (secondary N) is 1. The fourth-order valence-corrected chi connectivity index (χ4v) is 5.42. The minimum atomic E-state index is -0.562. The van der Waals surface area contributed by atoms with Gasteiger partial charge in [-0.2, -0.15) is 0 Å². The molecule has 5 rings (SSSR count). The zero-order valence-electron chi connectivity index (χ0n) is 21.9. The van der Waals surface area contributed by atoms with Gasteiger partial charge in [0.2, 0.25) is 0 Å². The van der Waals surface area contributed by atoms with Gasteiger partial charge in [0, 0.05) is 24.3 Å². The molecule has 9 heteroatoms. The molecule has 0 bridgehead atoms. The van der Waals surface area contributed by atoms with E-state index in [1.165, 1.54) is 24.3 Å². The lowest BCUT2D eigenvalue weighted by Gasteiger charge is -2.22. The number of rotatable bonds is 6. The molecule has 1 N–H and O–H groups in total. The summed E-state index contributed by atoms with van der Waals surface area (Å²) in [7, 11) is 0. The Hall–Kier alpha value is -4.92. The van der Waals surface area contributed by atoms with E-state index in [4.69, 9.17) is 0 Å². The van der Waals surface area contributed by atoms with Crippen LogP contribution in [0.3, 0.4) is 0 Å². The summed E-state index contributed by atoms with van der Waals surface area (Å²) >= 11 is 0. The molecule has 0 fully saturated rings. The minimum absolute atomic E-state index is 0.172. The van der Waals surface area contributed by atoms with E-state index in [0.717, 1.165) is 9.80 Å². The summed E-state index contributed by atoms with van der Waals surface area (Å²) in [5.41, 5.74) is 4.80. The molecule has 9 nitrogen and oxygen atoms in total. The van der Waals surface area contributed by atoms with Crippen LogP contribution in [0.15, 0.2) is 48.6 Å². The van der Waals surface area contributed by atoms with E-state index in [-0.39, 0.29) is 11.1 Å². The SMILES string of the molecule is CCc1cc(C2=C(c3cc(C)c(N4C(=O)C=CC4=O)c(CC)c3)C(=O)NC2=O)cc(C)c1N1C(=O)C=CC1=O. The van der Waals surface area contributed by atoms with Crippen molar-refractivity contribution in [3.63, 3.8) is 0 Å². The van der Waals surface area contributed by atoms with Crippen LogP contribution in [-0.4, -0.2) is 35.4 Å². The van der Waals surface area contributed by atoms with E-state index >= 15 is 0 Å². The molecule has 196 valence electrons. The van der Waals surface area contributed by atoms with Crippen molar-refractivity contribution in [2.75, 3.05) is 9.80 Å². The highest BCUT2D eigenvalue weighted by molar-refractivity contribution is 6.49. The van der Waals surface area contributed by atoms with Crippen LogP contribution in [0.25, 0.3) is 11.1 Å². The van der Waals surface area contributed by atoms with Gasteiger partial charge in [-0.3, -0.25) is 34.1 Å². The molecule has 0 aromatic heterocycles. The zero-order chi connectivity index (χ0) is 28.2. The summed E-state index contributed by atoms with van der Waals surface area (Å²) < 4.78 is 0. The van der Waals surface area contributed by atoms with Crippen molar-refractivity contribution >= 4 is 58.0 Å². The minimum Gasteiger partial charge on any atom is -0.288 e. The molecule has 2 aromatic carbocycles. The molecule has 6 amide bonds. The van der Waals surface area contributed by atoms with Gasteiger partial charge >= 0.3 is 0 Å². The standard InChI is InChI=1S/C30H25N3O6/c1-5-17-13-19(11-15(3)27(17)32-21(34)7-8-22(32)35)25-26(30(39)31-29(25)38)20-12-16(4)28(18(6-2)14-20)33-23(36)9-10-24(33)37/h7-14H,5-6H2,1-4H3,(H,31,38,39). The number of benzene rings is 2. The molecule has 39 heavy (non-hydrogen) atoms. The van der Waals surface area contributed by atoms with Crippen LogP contribution in [0.5, 0.6) is 0 Å². The first-order valence-electron chi connectivity index (χ1n) is 12.6. The second-order valence-electron chi connectivity index (χ2n) is 9.53. The number of aryl methyl sites for hydroxylation is 4. The van der Waals surface area contributed by atoms with Crippen LogP contribution in [0.1, 0.15) is 47.2 Å². The largest absolute Gasteiger partial charge is 0.288 e. The first-order valence-corrected chi connectivity index (χ1v) is 12.6. The van der Waals surface area contributed by atoms with E-state index < -0.39 is 35.4 Å². The predicted octanol–water partition coefficient (Wildman–Crippen LogP) is 2.85. The molecule has 0 unspecified atom stereocenters. The summed E-state index contributed by atoms with van der Waals surface area (Å²) in [4.78, 5) is 78.0. The van der Waals surface area contributed by atoms with Gasteiger partial charge < -0.3 is 0 Å². The van der Waals surface area contributed by atoms with Gasteiger partial charge in [-0.1, -0.05) is 13.8 Å². The van der Waals surface area contributed by atoms with Crippen LogP contribution in [0.4, 0.5) is 11.4 Å². The summed E-state index contributed by atoms with van der Waals surface area (Å²) in [5.74, 6) is -2.88. The Labute approximate surface area is 224 Å². The maximum absolute atomic E-state index is 13.1. The van der Waals surface area contributed by atoms with E-state index in [1.807, 2.05) is 13.8 Å². The molecule has 2 aromatic rings. The van der Waals surface area contributed by atoms with E-state index in [2.05, 4.69) is 5.32 Å². The van der Waals surface area contributed by atoms with Crippen LogP contribution >= 0.6 is 0 Å². The Bertz CT molecular complexity index is 1490. The Balaban J connectivity index is 1.68. The third kappa shape index (κ3) is 4.03. The fraction of sp³-hybridized carbons (Fsp3) is 0.200. The molecule has 0 spiro atoms. The fourth-order valence-electron chi connectivity index (χ4n) is 5.42. The van der Waals surface area contributed by atoms with Crippen LogP contribution < -0.4 is 15.1 Å². The first kappa shape index (κ1) is 25.7. The van der Waals surface area contributed by atoms with Gasteiger partial charge in [0.05, 0.1) is 22.5 Å². The zero-order valence-corrected chi connectivity index (χ0v) is 21.9. The highest BCUT2D eigenvalue weighted by Gasteiger charge is 2.36. The quantitative estimate of drug-likeness (QED) is 0.582. The molecule has 3 aliphatic rings. The van der Waals surface area contributed by atoms with Gasteiger partial charge in [0.1, 0.15) is 0 Å². The predicted molar refractivity (Wildman–Crippen MR) is 144 cm³/mol. The smallest absolute Gasteiger partial charge is 0.259 e. The molecule has 0 radical (unpaired) electrons. The number of amides is 6. The number of hydrogen-bond donors (Lipinski definition) is 1. The Morgan fingerprint density at radius 2 is 0.897 bits per heavy atom. The van der Waals surface area contributed by atoms with Crippen molar-refractivity contribution in [1.29, 1.82) is 0 Å². The molecule has 0 saturated carbocycles. The third-order valence-corrected chi connectivity index (χ3v) is 7.09. The maximum Gasteiger partial charge on any atom is 0.259 e. The average molecular weight is 524 g/mol. The maximum atomic E-state index is 13.1. The monoisotopic (exact) mass is 523 g/mol. The van der Waals surface area contributed by atoms with E-state index in [1.54, 1.807) is 38.1 Å². The van der Waals surface area contributed by atoms with Crippen molar-refractivity contribution < 1.29 is 28.8 Å². The lowest BCUT2D eigenvalue weighted by atomic mass is 9.90. The van der Waals surface area contributed by atoms with Crippen molar-refractivity contribution in [3.8, 4) is 0 Å². The molecular weight excluding hydrogens is 498 g/mol. The Morgan fingerprint density at radius 3 is 1.21 bits per heavy atom. The summed E-state index contributed by atoms with van der Waals surface area (Å²) in [6.07, 6.45) is 5.81. The van der Waals surface area contributed by atoms with Crippen LogP contribution in [-0.2, 0) is 41.6 Å². The topological polar surface area (TPSA) is 121 Å². The number of nitrogens with zero attached hydrogens (tertiary/aromatic N) is 2. The normalized spacial score (nSPS) is 17.0. The first-order chi connectivity index (χ1) is 18.6. The van der Waals surface area contributed by atoms with Gasteiger partial charge in [-0.25, -0.2) is 9.80 Å². The molecule has 0 saturated heterocycles. The van der Waals surface area contributed by atoms with Gasteiger partial charge in [0.25, 0.3) is 35.4 Å². The summed E-state index contributed by atoms with van der Waals surface area (Å²) in [5, 5.41) is 2.39. The third-order valence-electron chi connectivity index (χ3n) is 7.09.